The van der Waals surface area contributed by atoms with E-state index in [0.29, 0.717) is 13.1 Å². The van der Waals surface area contributed by atoms with Gasteiger partial charge in [0, 0.05) is 0 Å². The van der Waals surface area contributed by atoms with Crippen LogP contribution in [0.15, 0.2) is 48.5 Å². The third kappa shape index (κ3) is 2.09. The van der Waals surface area contributed by atoms with Crippen molar-refractivity contribution in [2.24, 2.45) is 0 Å². The van der Waals surface area contributed by atoms with Crippen LogP contribution in [-0.4, -0.2) is 23.2 Å². The molecule has 3 aromatic rings. The van der Waals surface area contributed by atoms with Gasteiger partial charge in [0.1, 0.15) is 11.4 Å². The first-order valence-corrected chi connectivity index (χ1v) is 7.55. The second-order valence-corrected chi connectivity index (χ2v) is 6.37. The van der Waals surface area contributed by atoms with E-state index in [4.69, 9.17) is 0 Å². The van der Waals surface area contributed by atoms with Gasteiger partial charge in [-0.1, -0.05) is 35.6 Å². The van der Waals surface area contributed by atoms with Gasteiger partial charge in [0.05, 0.1) is 23.3 Å². The average molecular weight is 300 g/mol. The maximum absolute atomic E-state index is 13.0. The molecule has 1 aromatic heterocycles. The Kier molecular flexibility index (Phi) is 2.74. The van der Waals surface area contributed by atoms with E-state index in [1.807, 2.05) is 29.2 Å². The predicted molar refractivity (Wildman–Crippen MR) is 82.1 cm³/mol. The molecule has 3 nitrogen and oxygen atoms in total. The van der Waals surface area contributed by atoms with Crippen molar-refractivity contribution in [2.45, 2.75) is 5.60 Å². The Bertz CT molecular complexity index is 760. The van der Waals surface area contributed by atoms with Crippen LogP contribution in [0, 0.1) is 5.82 Å². The van der Waals surface area contributed by atoms with Crippen LogP contribution in [0.2, 0.25) is 0 Å². The summed E-state index contributed by atoms with van der Waals surface area (Å²) < 4.78 is 14.1. The molecule has 106 valence electrons. The topological polar surface area (TPSA) is 36.4 Å². The van der Waals surface area contributed by atoms with Crippen LogP contribution in [0.3, 0.4) is 0 Å². The van der Waals surface area contributed by atoms with Gasteiger partial charge in [-0.2, -0.15) is 0 Å². The third-order valence-electron chi connectivity index (χ3n) is 3.84. The minimum atomic E-state index is -0.911. The van der Waals surface area contributed by atoms with E-state index in [9.17, 15) is 9.50 Å². The molecule has 1 N–H and O–H groups in total. The summed E-state index contributed by atoms with van der Waals surface area (Å²) >= 11 is 1.62. The summed E-state index contributed by atoms with van der Waals surface area (Å²) in [7, 11) is 0. The predicted octanol–water partition coefficient (Wildman–Crippen LogP) is 3.14. The van der Waals surface area contributed by atoms with E-state index in [1.54, 1.807) is 23.5 Å². The van der Waals surface area contributed by atoms with Crippen LogP contribution >= 0.6 is 11.3 Å². The fourth-order valence-corrected chi connectivity index (χ4v) is 3.62. The second-order valence-electron chi connectivity index (χ2n) is 5.36. The number of rotatable bonds is 2. The summed E-state index contributed by atoms with van der Waals surface area (Å²) in [5, 5.41) is 11.5. The molecule has 2 heterocycles. The number of benzene rings is 2. The van der Waals surface area contributed by atoms with E-state index in [1.165, 1.54) is 12.1 Å². The van der Waals surface area contributed by atoms with Crippen molar-refractivity contribution in [2.75, 3.05) is 18.0 Å². The number of para-hydroxylation sites is 1. The maximum atomic E-state index is 13.0. The number of aromatic nitrogens is 1. The van der Waals surface area contributed by atoms with Crippen LogP contribution < -0.4 is 4.90 Å². The fourth-order valence-electron chi connectivity index (χ4n) is 2.66. The van der Waals surface area contributed by atoms with Gasteiger partial charge in [-0.05, 0) is 29.8 Å². The first-order valence-electron chi connectivity index (χ1n) is 6.73. The molecule has 0 bridgehead atoms. The van der Waals surface area contributed by atoms with Crippen LogP contribution in [0.25, 0.3) is 10.2 Å². The van der Waals surface area contributed by atoms with Crippen LogP contribution in [0.4, 0.5) is 9.52 Å². The summed E-state index contributed by atoms with van der Waals surface area (Å²) in [5.74, 6) is -0.287. The maximum Gasteiger partial charge on any atom is 0.186 e. The zero-order chi connectivity index (χ0) is 14.4. The standard InChI is InChI=1S/C16H13FN2OS/c17-12-7-5-11(6-8-12)16(20)9-19(10-16)15-18-13-3-1-2-4-14(13)21-15/h1-8,20H,9-10H2. The highest BCUT2D eigenvalue weighted by molar-refractivity contribution is 7.22. The normalized spacial score (nSPS) is 17.0. The molecule has 1 aliphatic heterocycles. The minimum absolute atomic E-state index is 0.287. The van der Waals surface area contributed by atoms with Crippen LogP contribution in [-0.2, 0) is 5.60 Å². The lowest BCUT2D eigenvalue weighted by Crippen LogP contribution is -2.59. The molecule has 0 unspecified atom stereocenters. The lowest BCUT2D eigenvalue weighted by atomic mass is 9.86. The summed E-state index contributed by atoms with van der Waals surface area (Å²) in [5.41, 5.74) is 0.821. The molecule has 0 spiro atoms. The largest absolute Gasteiger partial charge is 0.381 e. The van der Waals surface area contributed by atoms with Crippen molar-refractivity contribution in [3.8, 4) is 0 Å². The van der Waals surface area contributed by atoms with E-state index < -0.39 is 5.60 Å². The molecule has 0 atom stereocenters. The zero-order valence-corrected chi connectivity index (χ0v) is 12.0. The molecule has 0 radical (unpaired) electrons. The Hall–Kier alpha value is -1.98. The minimum Gasteiger partial charge on any atom is -0.381 e. The van der Waals surface area contributed by atoms with Gasteiger partial charge in [0.25, 0.3) is 0 Å². The average Bonchev–Trinajstić information content (AvgIpc) is 2.88. The Morgan fingerprint density at radius 2 is 1.81 bits per heavy atom. The van der Waals surface area contributed by atoms with E-state index >= 15 is 0 Å². The van der Waals surface area contributed by atoms with Crippen LogP contribution in [0.5, 0.6) is 0 Å². The van der Waals surface area contributed by atoms with Crippen molar-refractivity contribution in [1.82, 2.24) is 4.98 Å². The van der Waals surface area contributed by atoms with Crippen molar-refractivity contribution in [1.29, 1.82) is 0 Å². The SMILES string of the molecule is OC1(c2ccc(F)cc2)CN(c2nc3ccccc3s2)C1. The molecular weight excluding hydrogens is 287 g/mol. The molecule has 0 saturated carbocycles. The van der Waals surface area contributed by atoms with Crippen molar-refractivity contribution in [3.05, 3.63) is 59.9 Å². The summed E-state index contributed by atoms with van der Waals surface area (Å²) in [4.78, 5) is 6.63. The molecule has 5 heteroatoms. The molecule has 1 saturated heterocycles. The highest BCUT2D eigenvalue weighted by Gasteiger charge is 2.43. The number of thiazole rings is 1. The Balaban J connectivity index is 1.57. The molecule has 4 rings (SSSR count). The molecule has 1 aliphatic rings. The lowest BCUT2D eigenvalue weighted by Gasteiger charge is -2.46. The number of halogens is 1. The van der Waals surface area contributed by atoms with Gasteiger partial charge < -0.3 is 10.0 Å². The van der Waals surface area contributed by atoms with Gasteiger partial charge in [0.15, 0.2) is 5.13 Å². The quantitative estimate of drug-likeness (QED) is 0.790. The third-order valence-corrected chi connectivity index (χ3v) is 4.94. The number of hydrogen-bond acceptors (Lipinski definition) is 4. The number of fused-ring (bicyclic) bond motifs is 1. The highest BCUT2D eigenvalue weighted by Crippen LogP contribution is 2.38. The number of nitrogens with zero attached hydrogens (tertiary/aromatic N) is 2. The zero-order valence-electron chi connectivity index (χ0n) is 11.2. The molecular formula is C16H13FN2OS. The monoisotopic (exact) mass is 300 g/mol. The summed E-state index contributed by atoms with van der Waals surface area (Å²) in [6.07, 6.45) is 0. The smallest absolute Gasteiger partial charge is 0.186 e. The van der Waals surface area contributed by atoms with Gasteiger partial charge in [-0.15, -0.1) is 0 Å². The fraction of sp³-hybridized carbons (Fsp3) is 0.188. The second kappa shape index (κ2) is 4.51. The number of β-amino-alcohol motifs (C(OH)–C–C–N with tert-alkyl or cyclic N) is 1. The first-order chi connectivity index (χ1) is 10.1. The Morgan fingerprint density at radius 3 is 2.52 bits per heavy atom. The van der Waals surface area contributed by atoms with Gasteiger partial charge in [0.2, 0.25) is 0 Å². The lowest BCUT2D eigenvalue weighted by molar-refractivity contribution is 0.00749. The Morgan fingerprint density at radius 1 is 1.10 bits per heavy atom. The Labute approximate surface area is 125 Å². The van der Waals surface area contributed by atoms with E-state index in [-0.39, 0.29) is 5.82 Å². The van der Waals surface area contributed by atoms with E-state index in [2.05, 4.69) is 4.98 Å². The molecule has 2 aromatic carbocycles. The number of hydrogen-bond donors (Lipinski definition) is 1. The van der Waals surface area contributed by atoms with Crippen LogP contribution in [0.1, 0.15) is 5.56 Å². The van der Waals surface area contributed by atoms with Crippen molar-refractivity contribution >= 4 is 26.7 Å². The van der Waals surface area contributed by atoms with Gasteiger partial charge >= 0.3 is 0 Å². The number of aliphatic hydroxyl groups is 1. The van der Waals surface area contributed by atoms with E-state index in [0.717, 1.165) is 20.9 Å². The van der Waals surface area contributed by atoms with Crippen molar-refractivity contribution in [3.63, 3.8) is 0 Å². The molecule has 1 fully saturated rings. The highest BCUT2D eigenvalue weighted by atomic mass is 32.1. The molecule has 0 amide bonds. The molecule has 0 aliphatic carbocycles. The summed E-state index contributed by atoms with van der Waals surface area (Å²) in [6, 6.07) is 14.0. The van der Waals surface area contributed by atoms with Crippen molar-refractivity contribution < 1.29 is 9.50 Å². The first kappa shape index (κ1) is 12.7. The molecule has 21 heavy (non-hydrogen) atoms. The van der Waals surface area contributed by atoms with Gasteiger partial charge in [-0.25, -0.2) is 9.37 Å². The summed E-state index contributed by atoms with van der Waals surface area (Å²) in [6.45, 7) is 0.969. The number of anilines is 1. The van der Waals surface area contributed by atoms with Gasteiger partial charge in [-0.3, -0.25) is 0 Å².